The summed E-state index contributed by atoms with van der Waals surface area (Å²) in [5.74, 6) is -0.963. The van der Waals surface area contributed by atoms with E-state index in [4.69, 9.17) is 5.11 Å². The molecule has 2 amide bonds. The topological polar surface area (TPSA) is 81.7 Å². The zero-order chi connectivity index (χ0) is 14.3. The molecule has 0 aromatic rings. The Bertz CT molecular complexity index is 308. The van der Waals surface area contributed by atoms with Crippen LogP contribution in [-0.2, 0) is 4.79 Å². The van der Waals surface area contributed by atoms with Crippen molar-refractivity contribution in [1.82, 2.24) is 15.5 Å². The first-order chi connectivity index (χ1) is 9.00. The number of hydrogen-bond donors (Lipinski definition) is 3. The maximum Gasteiger partial charge on any atom is 0.314 e. The lowest BCUT2D eigenvalue weighted by atomic mass is 9.96. The number of carboxylic acids is 1. The van der Waals surface area contributed by atoms with Crippen molar-refractivity contribution in [3.8, 4) is 0 Å². The Kier molecular flexibility index (Phi) is 6.62. The normalized spacial score (nSPS) is 22.5. The van der Waals surface area contributed by atoms with Crippen LogP contribution in [0.2, 0.25) is 0 Å². The van der Waals surface area contributed by atoms with E-state index in [1.807, 2.05) is 14.1 Å². The lowest BCUT2D eigenvalue weighted by Crippen LogP contribution is -2.40. The van der Waals surface area contributed by atoms with Gasteiger partial charge in [0.2, 0.25) is 0 Å². The highest BCUT2D eigenvalue weighted by atomic mass is 16.4. The van der Waals surface area contributed by atoms with E-state index >= 15 is 0 Å². The van der Waals surface area contributed by atoms with Gasteiger partial charge in [0.25, 0.3) is 0 Å². The Balaban J connectivity index is 2.14. The zero-order valence-corrected chi connectivity index (χ0v) is 11.8. The Labute approximate surface area is 114 Å². The van der Waals surface area contributed by atoms with Gasteiger partial charge in [0.05, 0.1) is 5.92 Å². The summed E-state index contributed by atoms with van der Waals surface area (Å²) in [5.41, 5.74) is 0. The highest BCUT2D eigenvalue weighted by Gasteiger charge is 2.32. The standard InChI is InChI=1S/C13H25N3O3/c1-16(2)8-4-7-14-13(19)15-9-10-5-3-6-11(10)12(17)18/h10-11H,3-9H2,1-2H3,(H,17,18)(H2,14,15,19). The lowest BCUT2D eigenvalue weighted by molar-refractivity contribution is -0.142. The maximum atomic E-state index is 11.5. The summed E-state index contributed by atoms with van der Waals surface area (Å²) >= 11 is 0. The van der Waals surface area contributed by atoms with Gasteiger partial charge in [0.15, 0.2) is 0 Å². The van der Waals surface area contributed by atoms with Gasteiger partial charge in [0, 0.05) is 13.1 Å². The third-order valence-electron chi connectivity index (χ3n) is 3.57. The molecule has 1 saturated carbocycles. The number of amides is 2. The highest BCUT2D eigenvalue weighted by Crippen LogP contribution is 2.31. The number of aliphatic carboxylic acids is 1. The van der Waals surface area contributed by atoms with Gasteiger partial charge in [-0.05, 0) is 45.8 Å². The van der Waals surface area contributed by atoms with Crippen molar-refractivity contribution >= 4 is 12.0 Å². The Morgan fingerprint density at radius 3 is 2.63 bits per heavy atom. The number of hydrogen-bond acceptors (Lipinski definition) is 3. The van der Waals surface area contributed by atoms with Gasteiger partial charge in [-0.1, -0.05) is 6.42 Å². The van der Waals surface area contributed by atoms with Crippen LogP contribution in [0.5, 0.6) is 0 Å². The Hall–Kier alpha value is -1.30. The third kappa shape index (κ3) is 5.92. The number of carbonyl (C=O) groups excluding carboxylic acids is 1. The molecule has 6 nitrogen and oxygen atoms in total. The fraction of sp³-hybridized carbons (Fsp3) is 0.846. The average Bonchev–Trinajstić information content (AvgIpc) is 2.80. The average molecular weight is 271 g/mol. The largest absolute Gasteiger partial charge is 0.481 e. The van der Waals surface area contributed by atoms with Crippen LogP contribution >= 0.6 is 0 Å². The van der Waals surface area contributed by atoms with Crippen LogP contribution in [0.25, 0.3) is 0 Å². The summed E-state index contributed by atoms with van der Waals surface area (Å²) in [6, 6.07) is -0.199. The molecule has 2 atom stereocenters. The molecule has 3 N–H and O–H groups in total. The molecule has 0 radical (unpaired) electrons. The molecule has 2 unspecified atom stereocenters. The fourth-order valence-electron chi connectivity index (χ4n) is 2.49. The van der Waals surface area contributed by atoms with Crippen LogP contribution in [0.3, 0.4) is 0 Å². The molecule has 110 valence electrons. The van der Waals surface area contributed by atoms with Crippen molar-refractivity contribution in [1.29, 1.82) is 0 Å². The number of nitrogens with one attached hydrogen (secondary N) is 2. The van der Waals surface area contributed by atoms with E-state index in [9.17, 15) is 9.59 Å². The van der Waals surface area contributed by atoms with Crippen LogP contribution in [0, 0.1) is 11.8 Å². The van der Waals surface area contributed by atoms with Crippen LogP contribution in [0.4, 0.5) is 4.79 Å². The van der Waals surface area contributed by atoms with Crippen LogP contribution < -0.4 is 10.6 Å². The van der Waals surface area contributed by atoms with E-state index in [0.717, 1.165) is 32.2 Å². The summed E-state index contributed by atoms with van der Waals surface area (Å²) in [6.07, 6.45) is 3.46. The van der Waals surface area contributed by atoms with Crippen LogP contribution in [0.15, 0.2) is 0 Å². The first kappa shape index (κ1) is 15.8. The third-order valence-corrected chi connectivity index (χ3v) is 3.57. The van der Waals surface area contributed by atoms with E-state index < -0.39 is 5.97 Å². The number of nitrogens with zero attached hydrogens (tertiary/aromatic N) is 1. The minimum atomic E-state index is -0.740. The molecule has 0 aliphatic heterocycles. The van der Waals surface area contributed by atoms with Crippen LogP contribution in [0.1, 0.15) is 25.7 Å². The molecule has 0 bridgehead atoms. The lowest BCUT2D eigenvalue weighted by Gasteiger charge is -2.16. The predicted molar refractivity (Wildman–Crippen MR) is 73.0 cm³/mol. The smallest absolute Gasteiger partial charge is 0.314 e. The highest BCUT2D eigenvalue weighted by molar-refractivity contribution is 5.74. The Morgan fingerprint density at radius 2 is 2.00 bits per heavy atom. The van der Waals surface area contributed by atoms with E-state index in [1.54, 1.807) is 0 Å². The summed E-state index contributed by atoms with van der Waals surface area (Å²) in [4.78, 5) is 24.6. The monoisotopic (exact) mass is 271 g/mol. The summed E-state index contributed by atoms with van der Waals surface area (Å²) < 4.78 is 0. The van der Waals surface area contributed by atoms with E-state index in [2.05, 4.69) is 15.5 Å². The molecule has 19 heavy (non-hydrogen) atoms. The molecule has 1 fully saturated rings. The van der Waals surface area contributed by atoms with Gasteiger partial charge in [-0.3, -0.25) is 4.79 Å². The molecule has 0 saturated heterocycles. The van der Waals surface area contributed by atoms with Gasteiger partial charge in [-0.15, -0.1) is 0 Å². The van der Waals surface area contributed by atoms with Crippen molar-refractivity contribution in [3.05, 3.63) is 0 Å². The molecule has 0 aromatic heterocycles. The van der Waals surface area contributed by atoms with Crippen molar-refractivity contribution in [3.63, 3.8) is 0 Å². The van der Waals surface area contributed by atoms with E-state index in [-0.39, 0.29) is 17.9 Å². The first-order valence-electron chi connectivity index (χ1n) is 6.90. The van der Waals surface area contributed by atoms with Crippen molar-refractivity contribution in [2.75, 3.05) is 33.7 Å². The second-order valence-corrected chi connectivity index (χ2v) is 5.43. The molecule has 1 aliphatic rings. The van der Waals surface area contributed by atoms with Gasteiger partial charge in [-0.25, -0.2) is 4.79 Å². The molecule has 6 heteroatoms. The van der Waals surface area contributed by atoms with E-state index in [1.165, 1.54) is 0 Å². The van der Waals surface area contributed by atoms with Gasteiger partial charge < -0.3 is 20.6 Å². The number of rotatable bonds is 7. The van der Waals surface area contributed by atoms with Crippen molar-refractivity contribution in [2.24, 2.45) is 11.8 Å². The number of carbonyl (C=O) groups is 2. The molecule has 1 aliphatic carbocycles. The van der Waals surface area contributed by atoms with Gasteiger partial charge in [-0.2, -0.15) is 0 Å². The number of carboxylic acid groups (broad SMARTS) is 1. The van der Waals surface area contributed by atoms with Crippen molar-refractivity contribution < 1.29 is 14.7 Å². The quantitative estimate of drug-likeness (QED) is 0.596. The molecular formula is C13H25N3O3. The predicted octanol–water partition coefficient (Wildman–Crippen LogP) is 0.738. The van der Waals surface area contributed by atoms with E-state index in [0.29, 0.717) is 13.1 Å². The summed E-state index contributed by atoms with van der Waals surface area (Å²) in [6.45, 7) is 2.03. The summed E-state index contributed by atoms with van der Waals surface area (Å²) in [7, 11) is 3.98. The van der Waals surface area contributed by atoms with Gasteiger partial charge >= 0.3 is 12.0 Å². The summed E-state index contributed by atoms with van der Waals surface area (Å²) in [5, 5.41) is 14.6. The minimum Gasteiger partial charge on any atom is -0.481 e. The Morgan fingerprint density at radius 1 is 1.26 bits per heavy atom. The molecule has 0 heterocycles. The van der Waals surface area contributed by atoms with Gasteiger partial charge in [0.1, 0.15) is 0 Å². The van der Waals surface area contributed by atoms with Crippen LogP contribution in [-0.4, -0.2) is 55.7 Å². The maximum absolute atomic E-state index is 11.5. The molecule has 1 rings (SSSR count). The SMILES string of the molecule is CN(C)CCCNC(=O)NCC1CCCC1C(=O)O. The minimum absolute atomic E-state index is 0.0741. The molecule has 0 spiro atoms. The first-order valence-corrected chi connectivity index (χ1v) is 6.90. The molecular weight excluding hydrogens is 246 g/mol. The second kappa shape index (κ2) is 7.99. The second-order valence-electron chi connectivity index (χ2n) is 5.43. The van der Waals surface area contributed by atoms with Crippen molar-refractivity contribution in [2.45, 2.75) is 25.7 Å². The zero-order valence-electron chi connectivity index (χ0n) is 11.8. The fourth-order valence-corrected chi connectivity index (χ4v) is 2.49. The molecule has 0 aromatic carbocycles. The number of urea groups is 1.